The minimum atomic E-state index is 1.01. The summed E-state index contributed by atoms with van der Waals surface area (Å²) in [5, 5.41) is 15.0. The highest BCUT2D eigenvalue weighted by molar-refractivity contribution is 6.26. The molecule has 0 aliphatic heterocycles. The van der Waals surface area contributed by atoms with E-state index in [1.165, 1.54) is 176 Å². The molecule has 3 heteroatoms. The molecule has 0 N–H and O–H groups in total. The molecular weight excluding hydrogens is 1120 g/mol. The molecule has 93 heavy (non-hydrogen) atoms. The van der Waals surface area contributed by atoms with Gasteiger partial charge in [-0.3, -0.25) is 0 Å². The Bertz CT molecular complexity index is 6070. The Morgan fingerprint density at radius 2 is 0.548 bits per heavy atom. The van der Waals surface area contributed by atoms with E-state index in [4.69, 9.17) is 0 Å². The maximum atomic E-state index is 2.50. The van der Waals surface area contributed by atoms with E-state index in [9.17, 15) is 0 Å². The molecule has 0 spiro atoms. The lowest BCUT2D eigenvalue weighted by Gasteiger charge is -2.15. The standard InChI is InChI=1S/C90H59N3/c1-5-20-58(21-6-1)67-49-68(59-22-7-2-8-23-59)51-69(50-67)61-25-19-24-60(48-61)62-36-42-75-76-43-37-63(53-81(76)74-31-14-13-30-73(74)80(75)52-62)66-38-44-79-84-57-72(41-47-89(84)92(90(79)56-66)71-28-11-4-12-29-71)93-86-35-18-16-33-78(86)83-55-65(40-46-88(83)93)64-39-45-87-82(54-64)77-32-15-17-34-85(77)91(87)70-26-9-3-10-27-70/h1-3,5-11,13-57H,4,12H2. The van der Waals surface area contributed by atoms with Crippen molar-refractivity contribution in [1.82, 2.24) is 13.7 Å². The first-order chi connectivity index (χ1) is 46.1. The van der Waals surface area contributed by atoms with Crippen molar-refractivity contribution in [1.29, 1.82) is 0 Å². The molecule has 3 nitrogen and oxygen atoms in total. The van der Waals surface area contributed by atoms with Crippen LogP contribution in [0.15, 0.2) is 334 Å². The predicted molar refractivity (Wildman–Crippen MR) is 396 cm³/mol. The van der Waals surface area contributed by atoms with Gasteiger partial charge in [0.15, 0.2) is 0 Å². The molecule has 1 aliphatic carbocycles. The molecule has 0 amide bonds. The van der Waals surface area contributed by atoms with Gasteiger partial charge in [-0.2, -0.15) is 0 Å². The van der Waals surface area contributed by atoms with Crippen molar-refractivity contribution < 1.29 is 0 Å². The van der Waals surface area contributed by atoms with E-state index in [0.29, 0.717) is 0 Å². The number of allylic oxidation sites excluding steroid dienone is 4. The highest BCUT2D eigenvalue weighted by Gasteiger charge is 2.21. The lowest BCUT2D eigenvalue weighted by atomic mass is 9.89. The van der Waals surface area contributed by atoms with E-state index in [1.807, 2.05) is 0 Å². The molecule has 3 aromatic heterocycles. The Hall–Kier alpha value is -12.0. The van der Waals surface area contributed by atoms with E-state index in [2.05, 4.69) is 347 Å². The fourth-order valence-electron chi connectivity index (χ4n) is 15.4. The minimum absolute atomic E-state index is 1.01. The van der Waals surface area contributed by atoms with Gasteiger partial charge in [0.1, 0.15) is 0 Å². The number of para-hydroxylation sites is 3. The van der Waals surface area contributed by atoms with E-state index < -0.39 is 0 Å². The summed E-state index contributed by atoms with van der Waals surface area (Å²) < 4.78 is 7.36. The van der Waals surface area contributed by atoms with Crippen molar-refractivity contribution in [3.05, 3.63) is 334 Å². The van der Waals surface area contributed by atoms with Gasteiger partial charge in [0.2, 0.25) is 0 Å². The first kappa shape index (κ1) is 52.9. The molecule has 0 bridgehead atoms. The van der Waals surface area contributed by atoms with Crippen LogP contribution in [-0.4, -0.2) is 13.7 Å². The number of fused-ring (bicyclic) bond motifs is 15. The van der Waals surface area contributed by atoms with Gasteiger partial charge in [0.25, 0.3) is 0 Å². The monoisotopic (exact) mass is 1180 g/mol. The quantitative estimate of drug-likeness (QED) is 0.128. The molecule has 0 radical (unpaired) electrons. The van der Waals surface area contributed by atoms with Gasteiger partial charge < -0.3 is 13.7 Å². The molecule has 1 aliphatic rings. The first-order valence-electron chi connectivity index (χ1n) is 32.4. The second kappa shape index (κ2) is 21.3. The Morgan fingerprint density at radius 1 is 0.183 bits per heavy atom. The molecule has 15 aromatic carbocycles. The third-order valence-electron chi connectivity index (χ3n) is 19.8. The molecule has 19 rings (SSSR count). The van der Waals surface area contributed by atoms with Crippen LogP contribution in [0.25, 0.3) is 182 Å². The lowest BCUT2D eigenvalue weighted by Crippen LogP contribution is -1.98. The van der Waals surface area contributed by atoms with Gasteiger partial charge in [-0.25, -0.2) is 0 Å². The highest BCUT2D eigenvalue weighted by atomic mass is 15.0. The van der Waals surface area contributed by atoms with Gasteiger partial charge >= 0.3 is 0 Å². The Balaban J connectivity index is 0.699. The second-order valence-electron chi connectivity index (χ2n) is 25.1. The number of nitrogens with zero attached hydrogens (tertiary/aromatic N) is 3. The summed E-state index contributed by atoms with van der Waals surface area (Å²) in [6, 6.07) is 117. The molecular formula is C90H59N3. The summed E-state index contributed by atoms with van der Waals surface area (Å²) in [7, 11) is 0. The first-order valence-corrected chi connectivity index (χ1v) is 32.4. The highest BCUT2D eigenvalue weighted by Crippen LogP contribution is 2.45. The average Bonchev–Trinajstić information content (AvgIpc) is 1.72. The van der Waals surface area contributed by atoms with Crippen molar-refractivity contribution >= 4 is 103 Å². The molecule has 0 atom stereocenters. The Morgan fingerprint density at radius 3 is 1.11 bits per heavy atom. The van der Waals surface area contributed by atoms with Crippen LogP contribution < -0.4 is 0 Å². The van der Waals surface area contributed by atoms with Crippen LogP contribution in [0.4, 0.5) is 0 Å². The normalized spacial score (nSPS) is 12.7. The topological polar surface area (TPSA) is 14.8 Å². The van der Waals surface area contributed by atoms with E-state index in [0.717, 1.165) is 18.5 Å². The lowest BCUT2D eigenvalue weighted by molar-refractivity contribution is 1.02. The van der Waals surface area contributed by atoms with Crippen LogP contribution in [0.3, 0.4) is 0 Å². The van der Waals surface area contributed by atoms with Gasteiger partial charge in [-0.1, -0.05) is 218 Å². The van der Waals surface area contributed by atoms with Crippen LogP contribution in [-0.2, 0) is 0 Å². The number of benzene rings is 15. The molecule has 0 unspecified atom stereocenters. The summed E-state index contributed by atoms with van der Waals surface area (Å²) in [5.41, 5.74) is 25.1. The maximum Gasteiger partial charge on any atom is 0.0547 e. The summed E-state index contributed by atoms with van der Waals surface area (Å²) in [6.07, 6.45) is 9.11. The maximum absolute atomic E-state index is 2.50. The van der Waals surface area contributed by atoms with Crippen molar-refractivity contribution in [2.45, 2.75) is 12.8 Å². The zero-order valence-corrected chi connectivity index (χ0v) is 51.0. The average molecular weight is 1180 g/mol. The predicted octanol–water partition coefficient (Wildman–Crippen LogP) is 24.6. The van der Waals surface area contributed by atoms with Gasteiger partial charge in [-0.05, 0) is 227 Å². The smallest absolute Gasteiger partial charge is 0.0547 e. The molecule has 0 saturated heterocycles. The van der Waals surface area contributed by atoms with Gasteiger partial charge in [-0.15, -0.1) is 0 Å². The third-order valence-corrected chi connectivity index (χ3v) is 19.8. The van der Waals surface area contributed by atoms with Gasteiger partial charge in [0.05, 0.1) is 33.1 Å². The summed E-state index contributed by atoms with van der Waals surface area (Å²) in [4.78, 5) is 0. The minimum Gasteiger partial charge on any atom is -0.310 e. The molecule has 0 fully saturated rings. The second-order valence-corrected chi connectivity index (χ2v) is 25.1. The van der Waals surface area contributed by atoms with Crippen LogP contribution in [0, 0.1) is 0 Å². The van der Waals surface area contributed by atoms with Crippen molar-refractivity contribution in [3.63, 3.8) is 0 Å². The summed E-state index contributed by atoms with van der Waals surface area (Å²) in [6.45, 7) is 0. The van der Waals surface area contributed by atoms with E-state index in [-0.39, 0.29) is 0 Å². The van der Waals surface area contributed by atoms with Crippen molar-refractivity contribution in [3.8, 4) is 78.1 Å². The number of hydrogen-bond donors (Lipinski definition) is 0. The summed E-state index contributed by atoms with van der Waals surface area (Å²) in [5.74, 6) is 0. The van der Waals surface area contributed by atoms with E-state index in [1.54, 1.807) is 0 Å². The Labute approximate surface area is 538 Å². The molecule has 18 aromatic rings. The van der Waals surface area contributed by atoms with Crippen molar-refractivity contribution in [2.24, 2.45) is 0 Å². The van der Waals surface area contributed by atoms with Crippen molar-refractivity contribution in [2.75, 3.05) is 0 Å². The fraction of sp³-hybridized carbons (Fsp3) is 0.0222. The Kier molecular flexibility index (Phi) is 12.1. The molecule has 0 saturated carbocycles. The number of hydrogen-bond acceptors (Lipinski definition) is 0. The number of rotatable bonds is 9. The van der Waals surface area contributed by atoms with Crippen LogP contribution in [0.5, 0.6) is 0 Å². The van der Waals surface area contributed by atoms with E-state index >= 15 is 0 Å². The third kappa shape index (κ3) is 8.65. The van der Waals surface area contributed by atoms with Crippen LogP contribution in [0.1, 0.15) is 12.8 Å². The van der Waals surface area contributed by atoms with Crippen LogP contribution >= 0.6 is 0 Å². The van der Waals surface area contributed by atoms with Crippen LogP contribution in [0.2, 0.25) is 0 Å². The van der Waals surface area contributed by atoms with Gasteiger partial charge in [0, 0.05) is 49.4 Å². The molecule has 3 heterocycles. The zero-order chi connectivity index (χ0) is 61.1. The largest absolute Gasteiger partial charge is 0.310 e. The number of aromatic nitrogens is 3. The fourth-order valence-corrected chi connectivity index (χ4v) is 15.4. The SMILES string of the molecule is C1=CC(n2c3ccc(-n4c5ccccc5c5cc(-c6ccc7c(c6)c6ccccc6n7-c6ccccc6)ccc54)cc3c3ccc(-c4ccc5c6ccc(-c7cccc(-c8cc(-c9ccccc9)cc(-c9ccccc9)c8)c7)cc6c6ccccc6c5c4)cc32)=CCC1. The summed E-state index contributed by atoms with van der Waals surface area (Å²) >= 11 is 0. The molecule has 434 valence electrons. The zero-order valence-electron chi connectivity index (χ0n) is 51.0.